The summed E-state index contributed by atoms with van der Waals surface area (Å²) < 4.78 is 5.64. The van der Waals surface area contributed by atoms with Gasteiger partial charge in [0.25, 0.3) is 0 Å². The summed E-state index contributed by atoms with van der Waals surface area (Å²) in [6, 6.07) is 0. The van der Waals surface area contributed by atoms with E-state index in [0.29, 0.717) is 24.3 Å². The Bertz CT molecular complexity index is 288. The molecule has 1 N–H and O–H groups in total. The van der Waals surface area contributed by atoms with Crippen LogP contribution in [0.3, 0.4) is 0 Å². The first-order valence-electron chi connectivity index (χ1n) is 7.60. The average molecular weight is 267 g/mol. The second-order valence-corrected chi connectivity index (χ2v) is 6.13. The number of rotatable bonds is 6. The molecule has 3 heteroatoms. The largest absolute Gasteiger partial charge is 0.446 e. The standard InChI is InChI=1S/C16H29NO2/c1-5-6-7-10-17-16(18)19-15-11-13(4)8-9-14(15)12(2)3/h5,12-15H,1,6-11H2,2-4H3,(H,17,18)/t13-,14+,15-/m1/s1. The Morgan fingerprint density at radius 2 is 2.21 bits per heavy atom. The average Bonchev–Trinajstić information content (AvgIpc) is 2.34. The maximum Gasteiger partial charge on any atom is 0.407 e. The highest BCUT2D eigenvalue weighted by molar-refractivity contribution is 5.67. The molecule has 0 unspecified atom stereocenters. The van der Waals surface area contributed by atoms with Crippen LogP contribution < -0.4 is 5.32 Å². The van der Waals surface area contributed by atoms with E-state index in [1.807, 2.05) is 6.08 Å². The smallest absolute Gasteiger partial charge is 0.407 e. The van der Waals surface area contributed by atoms with Gasteiger partial charge < -0.3 is 10.1 Å². The summed E-state index contributed by atoms with van der Waals surface area (Å²) in [6.07, 6.45) is 6.98. The fourth-order valence-electron chi connectivity index (χ4n) is 2.87. The van der Waals surface area contributed by atoms with Crippen LogP contribution in [0.1, 0.15) is 52.9 Å². The van der Waals surface area contributed by atoms with Crippen molar-refractivity contribution in [1.29, 1.82) is 0 Å². The monoisotopic (exact) mass is 267 g/mol. The third kappa shape index (κ3) is 5.66. The van der Waals surface area contributed by atoms with Crippen LogP contribution in [0.2, 0.25) is 0 Å². The zero-order chi connectivity index (χ0) is 14.3. The lowest BCUT2D eigenvalue weighted by Crippen LogP contribution is -2.39. The Kier molecular flexibility index (Phi) is 6.96. The zero-order valence-corrected chi connectivity index (χ0v) is 12.7. The minimum atomic E-state index is -0.256. The van der Waals surface area contributed by atoms with Gasteiger partial charge in [-0.15, -0.1) is 6.58 Å². The van der Waals surface area contributed by atoms with E-state index >= 15 is 0 Å². The van der Waals surface area contributed by atoms with Gasteiger partial charge in [-0.1, -0.05) is 33.3 Å². The highest BCUT2D eigenvalue weighted by Gasteiger charge is 2.33. The molecule has 0 spiro atoms. The van der Waals surface area contributed by atoms with Crippen LogP contribution in [0.5, 0.6) is 0 Å². The van der Waals surface area contributed by atoms with E-state index in [-0.39, 0.29) is 12.2 Å². The number of carbonyl (C=O) groups excluding carboxylic acids is 1. The van der Waals surface area contributed by atoms with Crippen LogP contribution >= 0.6 is 0 Å². The molecule has 0 saturated heterocycles. The van der Waals surface area contributed by atoms with Crippen LogP contribution in [0.15, 0.2) is 12.7 Å². The Hall–Kier alpha value is -0.990. The van der Waals surface area contributed by atoms with Crippen LogP contribution in [-0.2, 0) is 4.74 Å². The highest BCUT2D eigenvalue weighted by atomic mass is 16.6. The van der Waals surface area contributed by atoms with E-state index in [2.05, 4.69) is 32.7 Å². The lowest BCUT2D eigenvalue weighted by molar-refractivity contribution is 0.00625. The van der Waals surface area contributed by atoms with Gasteiger partial charge in [0.2, 0.25) is 0 Å². The summed E-state index contributed by atoms with van der Waals surface area (Å²) in [4.78, 5) is 11.8. The molecule has 0 aromatic heterocycles. The number of amides is 1. The minimum absolute atomic E-state index is 0.0863. The van der Waals surface area contributed by atoms with Gasteiger partial charge in [-0.25, -0.2) is 4.79 Å². The molecule has 0 radical (unpaired) electrons. The summed E-state index contributed by atoms with van der Waals surface area (Å²) >= 11 is 0. The van der Waals surface area contributed by atoms with Crippen molar-refractivity contribution in [2.24, 2.45) is 17.8 Å². The van der Waals surface area contributed by atoms with Crippen molar-refractivity contribution in [3.63, 3.8) is 0 Å². The quantitative estimate of drug-likeness (QED) is 0.580. The van der Waals surface area contributed by atoms with Crippen molar-refractivity contribution in [2.45, 2.75) is 59.0 Å². The molecule has 0 aliphatic heterocycles. The number of hydrogen-bond acceptors (Lipinski definition) is 2. The molecule has 0 bridgehead atoms. The molecule has 1 amide bonds. The minimum Gasteiger partial charge on any atom is -0.446 e. The Morgan fingerprint density at radius 3 is 2.84 bits per heavy atom. The molecular formula is C16H29NO2. The van der Waals surface area contributed by atoms with Gasteiger partial charge in [0.05, 0.1) is 0 Å². The fraction of sp³-hybridized carbons (Fsp3) is 0.812. The molecular weight excluding hydrogens is 238 g/mol. The van der Waals surface area contributed by atoms with E-state index in [4.69, 9.17) is 4.74 Å². The van der Waals surface area contributed by atoms with Crippen LogP contribution in [0, 0.1) is 17.8 Å². The maximum atomic E-state index is 11.8. The number of hydrogen-bond donors (Lipinski definition) is 1. The lowest BCUT2D eigenvalue weighted by atomic mass is 9.75. The fourth-order valence-corrected chi connectivity index (χ4v) is 2.87. The summed E-state index contributed by atoms with van der Waals surface area (Å²) in [5.41, 5.74) is 0. The van der Waals surface area contributed by atoms with Gasteiger partial charge in [-0.2, -0.15) is 0 Å². The molecule has 19 heavy (non-hydrogen) atoms. The normalized spacial score (nSPS) is 27.1. The molecule has 0 aromatic rings. The third-order valence-electron chi connectivity index (χ3n) is 4.07. The van der Waals surface area contributed by atoms with Crippen LogP contribution in [0.25, 0.3) is 0 Å². The second-order valence-electron chi connectivity index (χ2n) is 6.13. The first-order valence-corrected chi connectivity index (χ1v) is 7.60. The Morgan fingerprint density at radius 1 is 1.47 bits per heavy atom. The predicted molar refractivity (Wildman–Crippen MR) is 79.0 cm³/mol. The number of carbonyl (C=O) groups is 1. The molecule has 1 saturated carbocycles. The van der Waals surface area contributed by atoms with Gasteiger partial charge in [-0.3, -0.25) is 0 Å². The highest BCUT2D eigenvalue weighted by Crippen LogP contribution is 2.35. The Labute approximate surface area is 117 Å². The van der Waals surface area contributed by atoms with Crippen molar-refractivity contribution < 1.29 is 9.53 Å². The molecule has 1 fully saturated rings. The number of ether oxygens (including phenoxy) is 1. The number of nitrogens with one attached hydrogen (secondary N) is 1. The lowest BCUT2D eigenvalue weighted by Gasteiger charge is -2.36. The van der Waals surface area contributed by atoms with Crippen molar-refractivity contribution in [3.8, 4) is 0 Å². The number of unbranched alkanes of at least 4 members (excludes halogenated alkanes) is 1. The first-order chi connectivity index (χ1) is 9.04. The van der Waals surface area contributed by atoms with Crippen LogP contribution in [-0.4, -0.2) is 18.7 Å². The molecule has 110 valence electrons. The third-order valence-corrected chi connectivity index (χ3v) is 4.07. The van der Waals surface area contributed by atoms with Gasteiger partial charge in [0.15, 0.2) is 0 Å². The maximum absolute atomic E-state index is 11.8. The molecule has 1 aliphatic carbocycles. The van der Waals surface area contributed by atoms with E-state index in [0.717, 1.165) is 19.3 Å². The van der Waals surface area contributed by atoms with Gasteiger partial charge in [-0.05, 0) is 43.4 Å². The molecule has 3 atom stereocenters. The predicted octanol–water partition coefficient (Wildman–Crippen LogP) is 4.14. The van der Waals surface area contributed by atoms with Crippen molar-refractivity contribution in [3.05, 3.63) is 12.7 Å². The summed E-state index contributed by atoms with van der Waals surface area (Å²) in [5, 5.41) is 2.83. The van der Waals surface area contributed by atoms with Gasteiger partial charge in [0.1, 0.15) is 6.10 Å². The van der Waals surface area contributed by atoms with E-state index < -0.39 is 0 Å². The van der Waals surface area contributed by atoms with Gasteiger partial charge >= 0.3 is 6.09 Å². The van der Waals surface area contributed by atoms with Crippen LogP contribution in [0.4, 0.5) is 4.79 Å². The van der Waals surface area contributed by atoms with Crippen molar-refractivity contribution in [2.75, 3.05) is 6.54 Å². The molecule has 0 heterocycles. The van der Waals surface area contributed by atoms with E-state index in [1.165, 1.54) is 12.8 Å². The Balaban J connectivity index is 2.38. The second kappa shape index (κ2) is 8.23. The van der Waals surface area contributed by atoms with Gasteiger partial charge in [0, 0.05) is 6.54 Å². The summed E-state index contributed by atoms with van der Waals surface area (Å²) in [6.45, 7) is 11.0. The molecule has 1 rings (SSSR count). The van der Waals surface area contributed by atoms with Crippen molar-refractivity contribution in [1.82, 2.24) is 5.32 Å². The summed E-state index contributed by atoms with van der Waals surface area (Å²) in [5.74, 6) is 1.75. The molecule has 0 aromatic carbocycles. The number of alkyl carbamates (subject to hydrolysis) is 1. The van der Waals surface area contributed by atoms with Crippen molar-refractivity contribution >= 4 is 6.09 Å². The van der Waals surface area contributed by atoms with E-state index in [1.54, 1.807) is 0 Å². The summed E-state index contributed by atoms with van der Waals surface area (Å²) in [7, 11) is 0. The topological polar surface area (TPSA) is 38.3 Å². The number of allylic oxidation sites excluding steroid dienone is 1. The molecule has 1 aliphatic rings. The van der Waals surface area contributed by atoms with E-state index in [9.17, 15) is 4.79 Å². The SMILES string of the molecule is C=CCCCNC(=O)O[C@@H]1C[C@H](C)CC[C@H]1C(C)C. The molecule has 3 nitrogen and oxygen atoms in total. The zero-order valence-electron chi connectivity index (χ0n) is 12.7. The first kappa shape index (κ1) is 16.1.